The van der Waals surface area contributed by atoms with E-state index in [0.717, 1.165) is 0 Å². The molecule has 142 valence electrons. The number of aromatic hydroxyl groups is 2. The van der Waals surface area contributed by atoms with Crippen molar-refractivity contribution in [3.63, 3.8) is 0 Å². The van der Waals surface area contributed by atoms with E-state index < -0.39 is 11.8 Å². The molecule has 0 aliphatic heterocycles. The van der Waals surface area contributed by atoms with Crippen LogP contribution in [-0.4, -0.2) is 31.6 Å². The van der Waals surface area contributed by atoms with Crippen LogP contribution in [0.2, 0.25) is 0 Å². The predicted molar refractivity (Wildman–Crippen MR) is 104 cm³/mol. The first kappa shape index (κ1) is 18.1. The Balaban J connectivity index is 1.58. The molecule has 0 aliphatic rings. The molecule has 29 heavy (non-hydrogen) atoms. The Labute approximate surface area is 164 Å². The van der Waals surface area contributed by atoms with E-state index >= 15 is 0 Å². The van der Waals surface area contributed by atoms with Gasteiger partial charge in [-0.25, -0.2) is 0 Å². The first-order valence-corrected chi connectivity index (χ1v) is 8.59. The molecule has 2 amide bonds. The molecule has 0 fully saturated rings. The molecule has 0 bridgehead atoms. The summed E-state index contributed by atoms with van der Waals surface area (Å²) in [5, 5.41) is 28.7. The lowest BCUT2D eigenvalue weighted by molar-refractivity contribution is 0.0944. The molecule has 2 aromatic carbocycles. The summed E-state index contributed by atoms with van der Waals surface area (Å²) in [6.07, 6.45) is 1.44. The van der Waals surface area contributed by atoms with Gasteiger partial charge in [-0.2, -0.15) is 0 Å². The third kappa shape index (κ3) is 3.34. The van der Waals surface area contributed by atoms with Crippen LogP contribution in [0.25, 0.3) is 16.5 Å². The maximum atomic E-state index is 12.2. The van der Waals surface area contributed by atoms with Crippen LogP contribution in [0.3, 0.4) is 0 Å². The van der Waals surface area contributed by atoms with Crippen molar-refractivity contribution >= 4 is 22.6 Å². The summed E-state index contributed by atoms with van der Waals surface area (Å²) in [4.78, 5) is 27.9. The lowest BCUT2D eigenvalue weighted by atomic mass is 10.2. The first-order chi connectivity index (χ1) is 14.1. The minimum Gasteiger partial charge on any atom is -0.494 e. The number of amides is 2. The van der Waals surface area contributed by atoms with E-state index in [1.165, 1.54) is 29.0 Å². The van der Waals surface area contributed by atoms with Gasteiger partial charge in [0.1, 0.15) is 5.69 Å². The fraction of sp³-hybridized carbons (Fsp3) is 0. The number of carbonyl (C=O) groups is 2. The van der Waals surface area contributed by atoms with Gasteiger partial charge in [-0.05, 0) is 48.5 Å². The summed E-state index contributed by atoms with van der Waals surface area (Å²) in [5.41, 5.74) is 0.737. The van der Waals surface area contributed by atoms with Crippen LogP contribution in [0.4, 0.5) is 0 Å². The maximum absolute atomic E-state index is 12.2. The number of rotatable bonds is 3. The van der Waals surface area contributed by atoms with Gasteiger partial charge < -0.3 is 10.2 Å². The summed E-state index contributed by atoms with van der Waals surface area (Å²) in [6.45, 7) is 0. The molecular weight excluding hydrogens is 372 g/mol. The molecule has 2 aromatic heterocycles. The highest BCUT2D eigenvalue weighted by Crippen LogP contribution is 2.38. The van der Waals surface area contributed by atoms with Crippen LogP contribution < -0.4 is 0 Å². The second-order valence-corrected chi connectivity index (χ2v) is 6.10. The number of carbonyl (C=O) groups excluding carboxylic acids is 2. The SMILES string of the molecule is O=C(N=NC(=O)c1ccccn1)c1ccc(-n2c(O)c3ccccc3c2O)cc1. The summed E-state index contributed by atoms with van der Waals surface area (Å²) in [6, 6.07) is 17.7. The van der Waals surface area contributed by atoms with E-state index in [2.05, 4.69) is 15.2 Å². The van der Waals surface area contributed by atoms with Crippen molar-refractivity contribution in [2.75, 3.05) is 0 Å². The number of aromatic nitrogens is 2. The van der Waals surface area contributed by atoms with Crippen molar-refractivity contribution in [1.29, 1.82) is 0 Å². The summed E-state index contributed by atoms with van der Waals surface area (Å²) in [5.74, 6) is -1.65. The number of nitrogens with zero attached hydrogens (tertiary/aromatic N) is 4. The molecule has 0 saturated heterocycles. The van der Waals surface area contributed by atoms with Gasteiger partial charge in [0.05, 0.1) is 5.69 Å². The summed E-state index contributed by atoms with van der Waals surface area (Å²) < 4.78 is 1.27. The van der Waals surface area contributed by atoms with E-state index in [1.54, 1.807) is 48.5 Å². The average molecular weight is 386 g/mol. The Morgan fingerprint density at radius 3 is 1.93 bits per heavy atom. The largest absolute Gasteiger partial charge is 0.494 e. The third-order valence-electron chi connectivity index (χ3n) is 4.32. The normalized spacial score (nSPS) is 11.2. The molecule has 2 N–H and O–H groups in total. The first-order valence-electron chi connectivity index (χ1n) is 8.59. The highest BCUT2D eigenvalue weighted by molar-refractivity contribution is 5.98. The highest BCUT2D eigenvalue weighted by atomic mass is 16.3. The molecule has 8 nitrogen and oxygen atoms in total. The van der Waals surface area contributed by atoms with Crippen LogP contribution in [-0.2, 0) is 0 Å². The van der Waals surface area contributed by atoms with Gasteiger partial charge in [0.2, 0.25) is 11.8 Å². The molecule has 0 aliphatic carbocycles. The van der Waals surface area contributed by atoms with Crippen LogP contribution in [0.5, 0.6) is 11.8 Å². The van der Waals surface area contributed by atoms with E-state index in [0.29, 0.717) is 16.5 Å². The fourth-order valence-corrected chi connectivity index (χ4v) is 2.90. The van der Waals surface area contributed by atoms with Crippen molar-refractivity contribution < 1.29 is 19.8 Å². The maximum Gasteiger partial charge on any atom is 0.314 e. The second-order valence-electron chi connectivity index (χ2n) is 6.10. The molecule has 0 saturated carbocycles. The number of hydrogen-bond acceptors (Lipinski definition) is 5. The second kappa shape index (κ2) is 7.35. The molecule has 0 spiro atoms. The zero-order valence-electron chi connectivity index (χ0n) is 14.9. The number of fused-ring (bicyclic) bond motifs is 1. The van der Waals surface area contributed by atoms with Crippen molar-refractivity contribution in [2.24, 2.45) is 10.2 Å². The van der Waals surface area contributed by atoms with E-state index in [9.17, 15) is 19.8 Å². The van der Waals surface area contributed by atoms with Crippen molar-refractivity contribution in [2.45, 2.75) is 0 Å². The van der Waals surface area contributed by atoms with Gasteiger partial charge in [0.25, 0.3) is 5.91 Å². The fourth-order valence-electron chi connectivity index (χ4n) is 2.90. The molecule has 4 rings (SSSR count). The van der Waals surface area contributed by atoms with Crippen molar-refractivity contribution in [1.82, 2.24) is 9.55 Å². The molecule has 0 radical (unpaired) electrons. The Hall–Kier alpha value is -4.33. The number of hydrogen-bond donors (Lipinski definition) is 2. The van der Waals surface area contributed by atoms with E-state index in [4.69, 9.17) is 0 Å². The quantitative estimate of drug-likeness (QED) is 0.518. The molecule has 0 unspecified atom stereocenters. The van der Waals surface area contributed by atoms with E-state index in [-0.39, 0.29) is 23.0 Å². The van der Waals surface area contributed by atoms with Gasteiger partial charge >= 0.3 is 5.91 Å². The molecule has 8 heteroatoms. The van der Waals surface area contributed by atoms with Crippen LogP contribution >= 0.6 is 0 Å². The highest BCUT2D eigenvalue weighted by Gasteiger charge is 2.17. The molecular formula is C21H14N4O4. The Morgan fingerprint density at radius 1 is 0.759 bits per heavy atom. The van der Waals surface area contributed by atoms with Crippen LogP contribution in [0.15, 0.2) is 83.2 Å². The smallest absolute Gasteiger partial charge is 0.314 e. The molecule has 0 atom stereocenters. The topological polar surface area (TPSA) is 117 Å². The predicted octanol–water partition coefficient (Wildman–Crippen LogP) is 3.87. The van der Waals surface area contributed by atoms with Crippen LogP contribution in [0.1, 0.15) is 20.8 Å². The van der Waals surface area contributed by atoms with Crippen molar-refractivity contribution in [3.8, 4) is 17.4 Å². The summed E-state index contributed by atoms with van der Waals surface area (Å²) in [7, 11) is 0. The van der Waals surface area contributed by atoms with Crippen LogP contribution in [0, 0.1) is 0 Å². The molecule has 2 heterocycles. The monoisotopic (exact) mass is 386 g/mol. The third-order valence-corrected chi connectivity index (χ3v) is 4.32. The number of azo groups is 1. The average Bonchev–Trinajstić information content (AvgIpc) is 3.03. The minimum atomic E-state index is -0.718. The zero-order valence-corrected chi connectivity index (χ0v) is 14.9. The lowest BCUT2D eigenvalue weighted by Gasteiger charge is -2.07. The number of benzene rings is 2. The zero-order chi connectivity index (χ0) is 20.4. The Morgan fingerprint density at radius 2 is 1.34 bits per heavy atom. The number of pyridine rings is 1. The minimum absolute atomic E-state index is 0.0880. The van der Waals surface area contributed by atoms with Gasteiger partial charge in [-0.1, -0.05) is 18.2 Å². The Bertz CT molecular complexity index is 1210. The lowest BCUT2D eigenvalue weighted by Crippen LogP contribution is -2.00. The van der Waals surface area contributed by atoms with Gasteiger partial charge in [-0.15, -0.1) is 10.2 Å². The van der Waals surface area contributed by atoms with E-state index in [1.807, 2.05) is 0 Å². The molecule has 4 aromatic rings. The van der Waals surface area contributed by atoms with Crippen molar-refractivity contribution in [3.05, 3.63) is 84.2 Å². The van der Waals surface area contributed by atoms with Gasteiger partial charge in [0.15, 0.2) is 0 Å². The Kier molecular flexibility index (Phi) is 4.58. The van der Waals surface area contributed by atoms with Gasteiger partial charge in [-0.3, -0.25) is 19.1 Å². The van der Waals surface area contributed by atoms with Gasteiger partial charge in [0, 0.05) is 22.5 Å². The summed E-state index contributed by atoms with van der Waals surface area (Å²) >= 11 is 0. The standard InChI is InChI=1S/C21H14N4O4/c26-18(23-24-19(27)17-7-3-4-12-22-17)13-8-10-14(11-9-13)25-20(28)15-5-1-2-6-16(15)21(25)29/h1-12,28-29H.